The summed E-state index contributed by atoms with van der Waals surface area (Å²) in [6.07, 6.45) is 0.860. The van der Waals surface area contributed by atoms with Crippen molar-refractivity contribution in [3.63, 3.8) is 0 Å². The summed E-state index contributed by atoms with van der Waals surface area (Å²) in [7, 11) is 0. The lowest BCUT2D eigenvalue weighted by molar-refractivity contribution is 0.294. The normalized spacial score (nSPS) is 11.3. The molecule has 0 aliphatic carbocycles. The first-order valence-corrected chi connectivity index (χ1v) is 10.3. The Morgan fingerprint density at radius 3 is 2.45 bits per heavy atom. The van der Waals surface area contributed by atoms with Crippen molar-refractivity contribution < 1.29 is 0 Å². The second-order valence-corrected chi connectivity index (χ2v) is 7.21. The molecule has 9 heteroatoms. The van der Waals surface area contributed by atoms with E-state index in [2.05, 4.69) is 38.7 Å². The van der Waals surface area contributed by atoms with Gasteiger partial charge in [-0.3, -0.25) is 0 Å². The third-order valence-electron chi connectivity index (χ3n) is 5.51. The predicted molar refractivity (Wildman–Crippen MR) is 119 cm³/mol. The summed E-state index contributed by atoms with van der Waals surface area (Å²) in [4.78, 5) is 19.2. The van der Waals surface area contributed by atoms with Gasteiger partial charge in [0.25, 0.3) is 0 Å². The number of aromatic nitrogens is 5. The number of hydrogen-bond acceptors (Lipinski definition) is 7. The van der Waals surface area contributed by atoms with E-state index in [9.17, 15) is 10.5 Å². The van der Waals surface area contributed by atoms with Crippen LogP contribution >= 0.6 is 0 Å². The molecule has 0 atom stereocenters. The van der Waals surface area contributed by atoms with Crippen molar-refractivity contribution in [3.05, 3.63) is 35.7 Å². The Kier molecular flexibility index (Phi) is 5.52. The zero-order valence-corrected chi connectivity index (χ0v) is 17.6. The highest BCUT2D eigenvalue weighted by Gasteiger charge is 2.24. The Morgan fingerprint density at radius 1 is 1.06 bits per heavy atom. The van der Waals surface area contributed by atoms with Gasteiger partial charge < -0.3 is 20.2 Å². The lowest BCUT2D eigenvalue weighted by atomic mass is 10.2. The first-order valence-electron chi connectivity index (χ1n) is 10.3. The third kappa shape index (κ3) is 3.56. The van der Waals surface area contributed by atoms with Crippen molar-refractivity contribution in [1.29, 1.82) is 10.5 Å². The van der Waals surface area contributed by atoms with Crippen LogP contribution in [0.2, 0.25) is 0 Å². The van der Waals surface area contributed by atoms with Crippen LogP contribution in [0, 0.1) is 22.7 Å². The Balaban J connectivity index is 1.87. The molecule has 0 aliphatic heterocycles. The second kappa shape index (κ2) is 8.42. The summed E-state index contributed by atoms with van der Waals surface area (Å²) in [5, 5.41) is 18.9. The van der Waals surface area contributed by atoms with E-state index in [1.165, 1.54) is 0 Å². The highest BCUT2D eigenvalue weighted by atomic mass is 15.1. The van der Waals surface area contributed by atoms with Crippen molar-refractivity contribution in [2.24, 2.45) is 0 Å². The molecule has 0 amide bonds. The number of rotatable bonds is 7. The summed E-state index contributed by atoms with van der Waals surface area (Å²) < 4.78 is 1.87. The highest BCUT2D eigenvalue weighted by Crippen LogP contribution is 2.35. The molecule has 0 aliphatic rings. The molecule has 156 valence electrons. The topological polar surface area (TPSA) is 136 Å². The average Bonchev–Trinajstić information content (AvgIpc) is 3.33. The average molecular weight is 413 g/mol. The minimum absolute atomic E-state index is 0.00588. The van der Waals surface area contributed by atoms with Gasteiger partial charge in [-0.25, -0.2) is 15.0 Å². The number of aromatic amines is 1. The molecule has 3 aromatic heterocycles. The lowest BCUT2D eigenvalue weighted by Crippen LogP contribution is -2.25. The van der Waals surface area contributed by atoms with E-state index in [-0.39, 0.29) is 11.4 Å². The summed E-state index contributed by atoms with van der Waals surface area (Å²) in [6.45, 7) is 7.76. The maximum absolute atomic E-state index is 9.45. The van der Waals surface area contributed by atoms with E-state index in [0.717, 1.165) is 37.1 Å². The minimum Gasteiger partial charge on any atom is -0.384 e. The van der Waals surface area contributed by atoms with E-state index in [0.29, 0.717) is 34.9 Å². The van der Waals surface area contributed by atoms with Crippen molar-refractivity contribution in [2.75, 3.05) is 25.4 Å². The number of aryl methyl sites for hydroxylation is 1. The molecule has 0 unspecified atom stereocenters. The van der Waals surface area contributed by atoms with E-state index < -0.39 is 0 Å². The number of nitriles is 2. The number of H-pyrrole nitrogens is 1. The second-order valence-electron chi connectivity index (χ2n) is 7.21. The van der Waals surface area contributed by atoms with Gasteiger partial charge in [0.1, 0.15) is 29.3 Å². The van der Waals surface area contributed by atoms with Crippen LogP contribution in [0.5, 0.6) is 0 Å². The molecular formula is C22H23N9. The number of imidazole rings is 1. The number of nitrogens with one attached hydrogen (secondary N) is 1. The molecule has 9 nitrogen and oxygen atoms in total. The fourth-order valence-electron chi connectivity index (χ4n) is 3.83. The monoisotopic (exact) mass is 413 g/mol. The number of hydrogen-bond donors (Lipinski definition) is 2. The summed E-state index contributed by atoms with van der Waals surface area (Å²) >= 11 is 0. The van der Waals surface area contributed by atoms with Gasteiger partial charge in [-0.15, -0.1) is 0 Å². The van der Waals surface area contributed by atoms with Crippen molar-refractivity contribution in [1.82, 2.24) is 29.4 Å². The summed E-state index contributed by atoms with van der Waals surface area (Å²) in [6, 6.07) is 11.6. The summed E-state index contributed by atoms with van der Waals surface area (Å²) in [5.41, 5.74) is 9.79. The Hall–Kier alpha value is -3.95. The fourth-order valence-corrected chi connectivity index (χ4v) is 3.83. The SMILES string of the molecule is CCN(CC)CCCn1c(N)c(-c2nc3ccccc3[nH]2)c2nc(C#N)c(C#N)nc21. The van der Waals surface area contributed by atoms with Gasteiger partial charge >= 0.3 is 0 Å². The van der Waals surface area contributed by atoms with Crippen LogP contribution in [0.4, 0.5) is 5.82 Å². The number of nitrogen functional groups attached to an aromatic ring is 1. The van der Waals surface area contributed by atoms with Gasteiger partial charge in [-0.1, -0.05) is 26.0 Å². The lowest BCUT2D eigenvalue weighted by Gasteiger charge is -2.18. The largest absolute Gasteiger partial charge is 0.384 e. The van der Waals surface area contributed by atoms with Crippen LogP contribution in [0.25, 0.3) is 33.6 Å². The standard InChI is InChI=1S/C22H23N9/c1-3-30(4-2)10-7-11-31-20(25)18(21-27-14-8-5-6-9-15(14)28-21)19-22(31)29-17(13-24)16(12-23)26-19/h5-6,8-9H,3-4,7,10-11,25H2,1-2H3,(H,27,28). The maximum atomic E-state index is 9.45. The Bertz CT molecular complexity index is 1300. The molecule has 0 radical (unpaired) electrons. The van der Waals surface area contributed by atoms with Gasteiger partial charge in [-0.2, -0.15) is 10.5 Å². The fraction of sp³-hybridized carbons (Fsp3) is 0.318. The van der Waals surface area contributed by atoms with Crippen LogP contribution in [0.3, 0.4) is 0 Å². The molecule has 0 spiro atoms. The van der Waals surface area contributed by atoms with Gasteiger partial charge in [0.2, 0.25) is 0 Å². The molecule has 31 heavy (non-hydrogen) atoms. The molecule has 0 bridgehead atoms. The Labute approximate surface area is 179 Å². The van der Waals surface area contributed by atoms with Crippen molar-refractivity contribution in [3.8, 4) is 23.5 Å². The number of nitrogens with zero attached hydrogens (tertiary/aromatic N) is 7. The first-order chi connectivity index (χ1) is 15.1. The van der Waals surface area contributed by atoms with Gasteiger partial charge in [0.15, 0.2) is 17.0 Å². The van der Waals surface area contributed by atoms with Gasteiger partial charge in [0.05, 0.1) is 16.6 Å². The molecule has 4 rings (SSSR count). The molecule has 3 heterocycles. The quantitative estimate of drug-likeness (QED) is 0.475. The first kappa shape index (κ1) is 20.3. The van der Waals surface area contributed by atoms with Crippen LogP contribution in [-0.2, 0) is 6.54 Å². The maximum Gasteiger partial charge on any atom is 0.179 e. The zero-order valence-electron chi connectivity index (χ0n) is 17.6. The van der Waals surface area contributed by atoms with Crippen molar-refractivity contribution >= 4 is 28.0 Å². The number of benzene rings is 1. The number of para-hydroxylation sites is 2. The van der Waals surface area contributed by atoms with E-state index in [1.807, 2.05) is 41.0 Å². The predicted octanol–water partition coefficient (Wildman–Crippen LogP) is 3.03. The number of fused-ring (bicyclic) bond motifs is 2. The molecule has 0 saturated heterocycles. The van der Waals surface area contributed by atoms with Gasteiger partial charge in [0, 0.05) is 6.54 Å². The molecule has 0 fully saturated rings. The third-order valence-corrected chi connectivity index (χ3v) is 5.51. The van der Waals surface area contributed by atoms with Gasteiger partial charge in [-0.05, 0) is 38.2 Å². The number of nitrogens with two attached hydrogens (primary N) is 1. The van der Waals surface area contributed by atoms with Crippen molar-refractivity contribution in [2.45, 2.75) is 26.8 Å². The number of anilines is 1. The van der Waals surface area contributed by atoms with E-state index in [4.69, 9.17) is 5.73 Å². The molecule has 4 aromatic rings. The van der Waals surface area contributed by atoms with Crippen LogP contribution in [0.1, 0.15) is 31.7 Å². The summed E-state index contributed by atoms with van der Waals surface area (Å²) in [5.74, 6) is 1.03. The minimum atomic E-state index is -0.0207. The molecule has 3 N–H and O–H groups in total. The molecular weight excluding hydrogens is 390 g/mol. The highest BCUT2D eigenvalue weighted by molar-refractivity contribution is 5.98. The smallest absolute Gasteiger partial charge is 0.179 e. The molecule has 1 aromatic carbocycles. The molecule has 0 saturated carbocycles. The Morgan fingerprint density at radius 2 is 1.77 bits per heavy atom. The zero-order chi connectivity index (χ0) is 22.0. The van der Waals surface area contributed by atoms with E-state index in [1.54, 1.807) is 0 Å². The van der Waals surface area contributed by atoms with Crippen LogP contribution in [0.15, 0.2) is 24.3 Å². The van der Waals surface area contributed by atoms with Crippen LogP contribution in [-0.4, -0.2) is 49.0 Å². The van der Waals surface area contributed by atoms with Crippen LogP contribution < -0.4 is 5.73 Å². The van der Waals surface area contributed by atoms with E-state index >= 15 is 0 Å².